The van der Waals surface area contributed by atoms with Crippen molar-refractivity contribution in [3.8, 4) is 0 Å². The van der Waals surface area contributed by atoms with Crippen LogP contribution in [0.3, 0.4) is 0 Å². The van der Waals surface area contributed by atoms with E-state index in [9.17, 15) is 18.0 Å². The minimum absolute atomic E-state index is 0.0817. The minimum atomic E-state index is -4.34. The van der Waals surface area contributed by atoms with Gasteiger partial charge in [-0.25, -0.2) is 0 Å². The van der Waals surface area contributed by atoms with Gasteiger partial charge in [-0.2, -0.15) is 13.2 Å². The molecule has 3 nitrogen and oxygen atoms in total. The van der Waals surface area contributed by atoms with E-state index in [0.29, 0.717) is 18.9 Å². The number of hydrogen-bond acceptors (Lipinski definition) is 3. The smallest absolute Gasteiger partial charge is 0.416 e. The first-order chi connectivity index (χ1) is 15.5. The Morgan fingerprint density at radius 1 is 1.18 bits per heavy atom. The van der Waals surface area contributed by atoms with E-state index in [4.69, 9.17) is 4.74 Å². The second-order valence-electron chi connectivity index (χ2n) is 9.94. The maximum atomic E-state index is 13.1. The highest BCUT2D eigenvalue weighted by Crippen LogP contribution is 2.41. The van der Waals surface area contributed by atoms with E-state index in [1.165, 1.54) is 17.7 Å². The van der Waals surface area contributed by atoms with Crippen LogP contribution in [0.25, 0.3) is 0 Å². The standard InChI is InChI=1S/C27H40F3NO2/c1-6-33-26(32)18-21-7-12-25(31(15-13-19(2)3)16-14-20(4)5)24(17-21)22-8-10-23(11-9-22)27(28,29)30/h8-11,13,20-21,24-25H,6-7,12,14-18H2,1-5H3/t21-,24+,25-/m1/s1. The number of alkyl halides is 3. The van der Waals surface area contributed by atoms with Gasteiger partial charge in [0.15, 0.2) is 0 Å². The van der Waals surface area contributed by atoms with Gasteiger partial charge in [0.1, 0.15) is 0 Å². The van der Waals surface area contributed by atoms with Crippen LogP contribution in [-0.4, -0.2) is 36.6 Å². The van der Waals surface area contributed by atoms with Gasteiger partial charge in [-0.1, -0.05) is 37.6 Å². The molecule has 1 aromatic carbocycles. The molecule has 6 heteroatoms. The van der Waals surface area contributed by atoms with Crippen LogP contribution in [0.4, 0.5) is 13.2 Å². The molecule has 0 saturated heterocycles. The molecule has 0 bridgehead atoms. The monoisotopic (exact) mass is 467 g/mol. The van der Waals surface area contributed by atoms with Crippen LogP contribution in [0, 0.1) is 11.8 Å². The number of nitrogens with zero attached hydrogens (tertiary/aromatic N) is 1. The number of rotatable bonds is 10. The molecule has 0 aromatic heterocycles. The molecule has 186 valence electrons. The Bertz CT molecular complexity index is 767. The van der Waals surface area contributed by atoms with Gasteiger partial charge in [-0.15, -0.1) is 0 Å². The van der Waals surface area contributed by atoms with E-state index in [0.717, 1.165) is 44.3 Å². The van der Waals surface area contributed by atoms with Gasteiger partial charge < -0.3 is 4.74 Å². The summed E-state index contributed by atoms with van der Waals surface area (Å²) in [5.74, 6) is 0.651. The Hall–Kier alpha value is -1.82. The van der Waals surface area contributed by atoms with Crippen molar-refractivity contribution in [2.75, 3.05) is 19.7 Å². The predicted molar refractivity (Wildman–Crippen MR) is 127 cm³/mol. The van der Waals surface area contributed by atoms with Crippen LogP contribution in [0.1, 0.15) is 83.8 Å². The Morgan fingerprint density at radius 3 is 2.39 bits per heavy atom. The fraction of sp³-hybridized carbons (Fsp3) is 0.667. The highest BCUT2D eigenvalue weighted by Gasteiger charge is 2.36. The molecular weight excluding hydrogens is 427 g/mol. The highest BCUT2D eigenvalue weighted by atomic mass is 19.4. The van der Waals surface area contributed by atoms with E-state index in [2.05, 4.69) is 38.7 Å². The first-order valence-electron chi connectivity index (χ1n) is 12.2. The van der Waals surface area contributed by atoms with E-state index >= 15 is 0 Å². The fourth-order valence-corrected chi connectivity index (χ4v) is 4.71. The minimum Gasteiger partial charge on any atom is -0.466 e. The Morgan fingerprint density at radius 2 is 1.85 bits per heavy atom. The van der Waals surface area contributed by atoms with E-state index in [-0.39, 0.29) is 23.8 Å². The van der Waals surface area contributed by atoms with Crippen molar-refractivity contribution in [1.29, 1.82) is 0 Å². The number of benzene rings is 1. The van der Waals surface area contributed by atoms with Crippen LogP contribution in [0.2, 0.25) is 0 Å². The normalized spacial score (nSPS) is 21.3. The van der Waals surface area contributed by atoms with Gasteiger partial charge in [0, 0.05) is 19.0 Å². The average molecular weight is 468 g/mol. The first-order valence-corrected chi connectivity index (χ1v) is 12.2. The van der Waals surface area contributed by atoms with Gasteiger partial charge in [0.2, 0.25) is 0 Å². The van der Waals surface area contributed by atoms with Crippen molar-refractivity contribution in [3.63, 3.8) is 0 Å². The molecule has 1 fully saturated rings. The molecule has 1 aliphatic carbocycles. The van der Waals surface area contributed by atoms with Gasteiger partial charge >= 0.3 is 12.1 Å². The molecule has 0 spiro atoms. The number of ether oxygens (including phenoxy) is 1. The second kappa shape index (κ2) is 12.6. The molecule has 1 saturated carbocycles. The van der Waals surface area contributed by atoms with Gasteiger partial charge in [0.25, 0.3) is 0 Å². The fourth-order valence-electron chi connectivity index (χ4n) is 4.71. The summed E-state index contributed by atoms with van der Waals surface area (Å²) in [5, 5.41) is 0. The van der Waals surface area contributed by atoms with Crippen LogP contribution in [0.5, 0.6) is 0 Å². The number of carbonyl (C=O) groups excluding carboxylic acids is 1. The average Bonchev–Trinajstić information content (AvgIpc) is 2.73. The van der Waals surface area contributed by atoms with E-state index in [1.54, 1.807) is 19.1 Å². The quantitative estimate of drug-likeness (QED) is 0.269. The zero-order valence-electron chi connectivity index (χ0n) is 20.8. The van der Waals surface area contributed by atoms with Gasteiger partial charge in [-0.05, 0) is 88.4 Å². The maximum Gasteiger partial charge on any atom is 0.416 e. The van der Waals surface area contributed by atoms with Crippen molar-refractivity contribution in [3.05, 3.63) is 47.0 Å². The van der Waals surface area contributed by atoms with Crippen molar-refractivity contribution < 1.29 is 22.7 Å². The molecule has 0 amide bonds. The summed E-state index contributed by atoms with van der Waals surface area (Å²) in [4.78, 5) is 14.6. The molecule has 0 aliphatic heterocycles. The summed E-state index contributed by atoms with van der Waals surface area (Å²) in [5.41, 5.74) is 1.56. The van der Waals surface area contributed by atoms with Gasteiger partial charge in [0.05, 0.1) is 12.2 Å². The van der Waals surface area contributed by atoms with Crippen LogP contribution in [-0.2, 0) is 15.7 Å². The summed E-state index contributed by atoms with van der Waals surface area (Å²) in [6.07, 6.45) is 1.95. The van der Waals surface area contributed by atoms with Crippen LogP contribution in [0.15, 0.2) is 35.9 Å². The zero-order chi connectivity index (χ0) is 24.6. The second-order valence-corrected chi connectivity index (χ2v) is 9.94. The van der Waals surface area contributed by atoms with Crippen LogP contribution < -0.4 is 0 Å². The summed E-state index contributed by atoms with van der Waals surface area (Å²) in [6, 6.07) is 5.88. The van der Waals surface area contributed by atoms with E-state index in [1.807, 2.05) is 0 Å². The first kappa shape index (κ1) is 27.4. The summed E-state index contributed by atoms with van der Waals surface area (Å²) in [6.45, 7) is 12.5. The lowest BCUT2D eigenvalue weighted by Crippen LogP contribution is -2.44. The zero-order valence-corrected chi connectivity index (χ0v) is 20.8. The summed E-state index contributed by atoms with van der Waals surface area (Å²) >= 11 is 0. The lowest BCUT2D eigenvalue weighted by Gasteiger charge is -2.43. The topological polar surface area (TPSA) is 29.5 Å². The Kier molecular flexibility index (Phi) is 10.5. The summed E-state index contributed by atoms with van der Waals surface area (Å²) < 4.78 is 44.6. The third-order valence-corrected chi connectivity index (χ3v) is 6.55. The van der Waals surface area contributed by atoms with Crippen molar-refractivity contribution in [1.82, 2.24) is 4.90 Å². The molecule has 1 aliphatic rings. The molecule has 1 aromatic rings. The lowest BCUT2D eigenvalue weighted by molar-refractivity contribution is -0.144. The van der Waals surface area contributed by atoms with E-state index < -0.39 is 11.7 Å². The van der Waals surface area contributed by atoms with Gasteiger partial charge in [-0.3, -0.25) is 9.69 Å². The number of allylic oxidation sites excluding steroid dienone is 1. The third-order valence-electron chi connectivity index (χ3n) is 6.55. The molecular formula is C27H40F3NO2. The lowest BCUT2D eigenvalue weighted by atomic mass is 9.73. The largest absolute Gasteiger partial charge is 0.466 e. The molecule has 0 heterocycles. The van der Waals surface area contributed by atoms with Crippen molar-refractivity contribution in [2.45, 2.75) is 84.9 Å². The number of esters is 1. The number of hydrogen-bond donors (Lipinski definition) is 0. The molecule has 0 radical (unpaired) electrons. The Balaban J connectivity index is 2.32. The number of carbonyl (C=O) groups is 1. The molecule has 3 atom stereocenters. The SMILES string of the molecule is CCOC(=O)C[C@@H]1CC[C@@H](N(CC=C(C)C)CCC(C)C)[C@H](c2ccc(C(F)(F)F)cc2)C1. The molecule has 33 heavy (non-hydrogen) atoms. The predicted octanol–water partition coefficient (Wildman–Crippen LogP) is 7.23. The van der Waals surface area contributed by atoms with Crippen molar-refractivity contribution in [2.24, 2.45) is 11.8 Å². The number of halogens is 3. The molecule has 2 rings (SSSR count). The van der Waals surface area contributed by atoms with Crippen molar-refractivity contribution >= 4 is 5.97 Å². The maximum absolute atomic E-state index is 13.1. The van der Waals surface area contributed by atoms with Crippen LogP contribution >= 0.6 is 0 Å². The summed E-state index contributed by atoms with van der Waals surface area (Å²) in [7, 11) is 0. The Labute approximate surface area is 197 Å². The highest BCUT2D eigenvalue weighted by molar-refractivity contribution is 5.69. The third kappa shape index (κ3) is 8.80. The molecule has 0 N–H and O–H groups in total. The molecule has 0 unspecified atom stereocenters.